The molecule has 19 heavy (non-hydrogen) atoms. The third-order valence-electron chi connectivity index (χ3n) is 3.83. The van der Waals surface area contributed by atoms with Crippen LogP contribution in [0.15, 0.2) is 0 Å². The van der Waals surface area contributed by atoms with Crippen LogP contribution in [0, 0.1) is 10.8 Å². The number of hydrogen-bond acceptors (Lipinski definition) is 2. The van der Waals surface area contributed by atoms with Crippen LogP contribution in [0.25, 0.3) is 0 Å². The predicted octanol–water partition coefficient (Wildman–Crippen LogP) is 2.96. The predicted molar refractivity (Wildman–Crippen MR) is 74.9 cm³/mol. The van der Waals surface area contributed by atoms with E-state index in [0.717, 1.165) is 25.7 Å². The normalized spacial score (nSPS) is 19.5. The van der Waals surface area contributed by atoms with E-state index in [1.54, 1.807) is 0 Å². The zero-order chi connectivity index (χ0) is 14.5. The maximum Gasteiger partial charge on any atom is 0.311 e. The highest BCUT2D eigenvalue weighted by Crippen LogP contribution is 2.35. The molecule has 0 aromatic heterocycles. The van der Waals surface area contributed by atoms with Gasteiger partial charge in [-0.05, 0) is 18.3 Å². The third-order valence-corrected chi connectivity index (χ3v) is 3.83. The molecular formula is C15H27NO3. The lowest BCUT2D eigenvalue weighted by molar-refractivity contribution is -0.149. The van der Waals surface area contributed by atoms with Gasteiger partial charge < -0.3 is 10.4 Å². The van der Waals surface area contributed by atoms with Crippen LogP contribution >= 0.6 is 0 Å². The van der Waals surface area contributed by atoms with Crippen molar-refractivity contribution in [3.63, 3.8) is 0 Å². The monoisotopic (exact) mass is 269 g/mol. The second kappa shape index (κ2) is 6.40. The Kier molecular flexibility index (Phi) is 5.39. The molecule has 1 saturated carbocycles. The molecule has 2 N–H and O–H groups in total. The summed E-state index contributed by atoms with van der Waals surface area (Å²) in [4.78, 5) is 23.4. The van der Waals surface area contributed by atoms with Crippen molar-refractivity contribution in [2.45, 2.75) is 65.7 Å². The van der Waals surface area contributed by atoms with Crippen LogP contribution in [0.1, 0.15) is 65.7 Å². The number of nitrogens with one attached hydrogen (secondary N) is 1. The van der Waals surface area contributed by atoms with E-state index in [9.17, 15) is 14.7 Å². The number of carbonyl (C=O) groups excluding carboxylic acids is 1. The molecule has 0 aliphatic heterocycles. The maximum atomic E-state index is 11.8. The highest BCUT2D eigenvalue weighted by atomic mass is 16.4. The summed E-state index contributed by atoms with van der Waals surface area (Å²) in [5, 5.41) is 12.3. The average molecular weight is 269 g/mol. The summed E-state index contributed by atoms with van der Waals surface area (Å²) in [6.07, 6.45) is 5.89. The number of aliphatic carboxylic acids is 1. The fourth-order valence-corrected chi connectivity index (χ4v) is 2.68. The zero-order valence-corrected chi connectivity index (χ0v) is 12.4. The van der Waals surface area contributed by atoms with Crippen LogP contribution in [-0.4, -0.2) is 23.5 Å². The molecule has 0 radical (unpaired) electrons. The highest BCUT2D eigenvalue weighted by molar-refractivity contribution is 5.79. The molecule has 110 valence electrons. The van der Waals surface area contributed by atoms with E-state index >= 15 is 0 Å². The van der Waals surface area contributed by atoms with Gasteiger partial charge in [0.05, 0.1) is 5.41 Å². The molecule has 1 fully saturated rings. The van der Waals surface area contributed by atoms with Crippen molar-refractivity contribution in [2.75, 3.05) is 6.54 Å². The first-order valence-corrected chi connectivity index (χ1v) is 7.25. The van der Waals surface area contributed by atoms with Crippen molar-refractivity contribution in [2.24, 2.45) is 10.8 Å². The zero-order valence-electron chi connectivity index (χ0n) is 12.4. The lowest BCUT2D eigenvalue weighted by atomic mass is 9.80. The first kappa shape index (κ1) is 16.0. The van der Waals surface area contributed by atoms with Gasteiger partial charge in [0.2, 0.25) is 5.91 Å². The quantitative estimate of drug-likeness (QED) is 0.771. The lowest BCUT2D eigenvalue weighted by Crippen LogP contribution is -2.43. The van der Waals surface area contributed by atoms with Gasteiger partial charge in [-0.3, -0.25) is 9.59 Å². The van der Waals surface area contributed by atoms with Crippen LogP contribution < -0.4 is 5.32 Å². The van der Waals surface area contributed by atoms with E-state index in [-0.39, 0.29) is 17.9 Å². The molecular weight excluding hydrogens is 242 g/mol. The molecule has 0 bridgehead atoms. The van der Waals surface area contributed by atoms with Gasteiger partial charge in [-0.25, -0.2) is 0 Å². The van der Waals surface area contributed by atoms with Crippen LogP contribution in [0.5, 0.6) is 0 Å². The van der Waals surface area contributed by atoms with Crippen LogP contribution in [0.3, 0.4) is 0 Å². The molecule has 1 rings (SSSR count). The summed E-state index contributed by atoms with van der Waals surface area (Å²) in [5.74, 6) is -0.803. The summed E-state index contributed by atoms with van der Waals surface area (Å²) >= 11 is 0. The Hall–Kier alpha value is -1.06. The number of carboxylic acids is 1. The molecule has 1 amide bonds. The molecule has 0 unspecified atom stereocenters. The topological polar surface area (TPSA) is 66.4 Å². The van der Waals surface area contributed by atoms with Crippen molar-refractivity contribution in [3.8, 4) is 0 Å². The number of carboxylic acid groups (broad SMARTS) is 1. The van der Waals surface area contributed by atoms with Crippen molar-refractivity contribution in [1.82, 2.24) is 5.32 Å². The number of carbonyl (C=O) groups is 2. The van der Waals surface area contributed by atoms with E-state index in [2.05, 4.69) is 5.32 Å². The Morgan fingerprint density at radius 1 is 1.11 bits per heavy atom. The largest absolute Gasteiger partial charge is 0.481 e. The summed E-state index contributed by atoms with van der Waals surface area (Å²) < 4.78 is 0. The van der Waals surface area contributed by atoms with Gasteiger partial charge in [0, 0.05) is 13.0 Å². The first-order valence-electron chi connectivity index (χ1n) is 7.25. The number of rotatable bonds is 4. The van der Waals surface area contributed by atoms with Crippen molar-refractivity contribution in [3.05, 3.63) is 0 Å². The molecule has 0 aromatic carbocycles. The Labute approximate surface area is 116 Å². The Balaban J connectivity index is 2.59. The van der Waals surface area contributed by atoms with E-state index < -0.39 is 11.4 Å². The Morgan fingerprint density at radius 3 is 2.05 bits per heavy atom. The standard InChI is InChI=1S/C15H27NO3/c1-14(2,3)10-12(17)16-11-15(13(18)19)8-6-4-5-7-9-15/h4-11H2,1-3H3,(H,16,17)(H,18,19). The van der Waals surface area contributed by atoms with Gasteiger partial charge >= 0.3 is 5.97 Å². The van der Waals surface area contributed by atoms with E-state index in [4.69, 9.17) is 0 Å². The molecule has 1 aliphatic carbocycles. The van der Waals surface area contributed by atoms with E-state index in [0.29, 0.717) is 19.3 Å². The summed E-state index contributed by atoms with van der Waals surface area (Å²) in [5.41, 5.74) is -0.812. The number of amides is 1. The van der Waals surface area contributed by atoms with E-state index in [1.165, 1.54) is 0 Å². The molecule has 4 heteroatoms. The van der Waals surface area contributed by atoms with Gasteiger partial charge in [-0.2, -0.15) is 0 Å². The highest BCUT2D eigenvalue weighted by Gasteiger charge is 2.38. The lowest BCUT2D eigenvalue weighted by Gasteiger charge is -2.29. The first-order chi connectivity index (χ1) is 8.75. The summed E-state index contributed by atoms with van der Waals surface area (Å²) in [6, 6.07) is 0. The average Bonchev–Trinajstić information content (AvgIpc) is 2.50. The molecule has 4 nitrogen and oxygen atoms in total. The summed E-state index contributed by atoms with van der Waals surface area (Å²) in [6.45, 7) is 6.29. The summed E-state index contributed by atoms with van der Waals surface area (Å²) in [7, 11) is 0. The molecule has 0 atom stereocenters. The van der Waals surface area contributed by atoms with Gasteiger partial charge in [-0.1, -0.05) is 46.5 Å². The Morgan fingerprint density at radius 2 is 1.63 bits per heavy atom. The van der Waals surface area contributed by atoms with Crippen molar-refractivity contribution in [1.29, 1.82) is 0 Å². The minimum absolute atomic E-state index is 0.0441. The molecule has 0 heterocycles. The second-order valence-corrected chi connectivity index (χ2v) is 7.01. The minimum Gasteiger partial charge on any atom is -0.481 e. The molecule has 0 aromatic rings. The van der Waals surface area contributed by atoms with Crippen LogP contribution in [0.4, 0.5) is 0 Å². The van der Waals surface area contributed by atoms with Crippen molar-refractivity contribution < 1.29 is 14.7 Å². The fourth-order valence-electron chi connectivity index (χ4n) is 2.68. The number of hydrogen-bond donors (Lipinski definition) is 2. The Bertz CT molecular complexity index is 323. The van der Waals surface area contributed by atoms with Crippen molar-refractivity contribution >= 4 is 11.9 Å². The van der Waals surface area contributed by atoms with Gasteiger partial charge in [-0.15, -0.1) is 0 Å². The van der Waals surface area contributed by atoms with Gasteiger partial charge in [0.15, 0.2) is 0 Å². The SMILES string of the molecule is CC(C)(C)CC(=O)NCC1(C(=O)O)CCCCCC1. The molecule has 0 spiro atoms. The third kappa shape index (κ3) is 5.21. The van der Waals surface area contributed by atoms with Crippen LogP contribution in [0.2, 0.25) is 0 Å². The fraction of sp³-hybridized carbons (Fsp3) is 0.867. The smallest absolute Gasteiger partial charge is 0.311 e. The van der Waals surface area contributed by atoms with Crippen LogP contribution in [-0.2, 0) is 9.59 Å². The van der Waals surface area contributed by atoms with E-state index in [1.807, 2.05) is 20.8 Å². The van der Waals surface area contributed by atoms with Gasteiger partial charge in [0.1, 0.15) is 0 Å². The minimum atomic E-state index is -0.759. The van der Waals surface area contributed by atoms with Gasteiger partial charge in [0.25, 0.3) is 0 Å². The molecule has 1 aliphatic rings. The maximum absolute atomic E-state index is 11.8. The molecule has 0 saturated heterocycles. The second-order valence-electron chi connectivity index (χ2n) is 7.01.